The van der Waals surface area contributed by atoms with Crippen LogP contribution in [0.25, 0.3) is 0 Å². The third-order valence-corrected chi connectivity index (χ3v) is 2.49. The summed E-state index contributed by atoms with van der Waals surface area (Å²) in [6.45, 7) is 0.951. The molecule has 1 heterocycles. The number of hydrogen-bond donors (Lipinski definition) is 1. The predicted molar refractivity (Wildman–Crippen MR) is 59.0 cm³/mol. The predicted octanol–water partition coefficient (Wildman–Crippen LogP) is 1.84. The van der Waals surface area contributed by atoms with Gasteiger partial charge < -0.3 is 0 Å². The van der Waals surface area contributed by atoms with Gasteiger partial charge in [-0.2, -0.15) is 10.5 Å². The highest BCUT2D eigenvalue weighted by molar-refractivity contribution is 4.80. The van der Waals surface area contributed by atoms with Crippen LogP contribution in [0.2, 0.25) is 0 Å². The number of nitriles is 2. The standard InChI is InChI=1S/C12H16N4/c13-7-3-1-5-10-16-11-9-15-12(16)6-2-4-8-14/h9,11H,1-6,10H2/p+1. The Kier molecular flexibility index (Phi) is 5.73. The molecular formula is C12H17N4+. The van der Waals surface area contributed by atoms with E-state index in [-0.39, 0.29) is 0 Å². The van der Waals surface area contributed by atoms with Crippen molar-refractivity contribution in [3.63, 3.8) is 0 Å². The fraction of sp³-hybridized carbons (Fsp3) is 0.583. The van der Waals surface area contributed by atoms with Crippen LogP contribution in [0.3, 0.4) is 0 Å². The Balaban J connectivity index is 2.33. The van der Waals surface area contributed by atoms with Gasteiger partial charge in [-0.05, 0) is 19.3 Å². The third kappa shape index (κ3) is 4.14. The molecule has 0 aromatic carbocycles. The fourth-order valence-corrected chi connectivity index (χ4v) is 1.64. The Morgan fingerprint density at radius 2 is 1.88 bits per heavy atom. The second-order valence-electron chi connectivity index (χ2n) is 3.73. The van der Waals surface area contributed by atoms with E-state index < -0.39 is 0 Å². The molecule has 4 nitrogen and oxygen atoms in total. The van der Waals surface area contributed by atoms with E-state index in [0.29, 0.717) is 12.8 Å². The zero-order chi connectivity index (χ0) is 11.6. The molecule has 0 saturated heterocycles. The summed E-state index contributed by atoms with van der Waals surface area (Å²) in [4.78, 5) is 3.19. The van der Waals surface area contributed by atoms with Gasteiger partial charge in [0.2, 0.25) is 0 Å². The van der Waals surface area contributed by atoms with Crippen LogP contribution in [0.4, 0.5) is 0 Å². The maximum Gasteiger partial charge on any atom is 0.254 e. The van der Waals surface area contributed by atoms with Gasteiger partial charge >= 0.3 is 0 Å². The third-order valence-electron chi connectivity index (χ3n) is 2.49. The number of aryl methyl sites for hydroxylation is 2. The Morgan fingerprint density at radius 1 is 1.12 bits per heavy atom. The van der Waals surface area contributed by atoms with Crippen molar-refractivity contribution in [3.05, 3.63) is 18.2 Å². The number of nitrogens with one attached hydrogen (secondary N) is 1. The van der Waals surface area contributed by atoms with Crippen LogP contribution in [0.15, 0.2) is 12.4 Å². The maximum absolute atomic E-state index is 8.47. The Hall–Kier alpha value is -1.81. The lowest BCUT2D eigenvalue weighted by Crippen LogP contribution is -2.36. The highest BCUT2D eigenvalue weighted by Gasteiger charge is 2.09. The SMILES string of the molecule is N#CCCCC[n+]1cc[nH]c1CCCC#N. The van der Waals surface area contributed by atoms with Crippen molar-refractivity contribution in [2.24, 2.45) is 0 Å². The number of rotatable bonds is 7. The molecule has 0 radical (unpaired) electrons. The van der Waals surface area contributed by atoms with Gasteiger partial charge in [-0.1, -0.05) is 0 Å². The zero-order valence-electron chi connectivity index (χ0n) is 9.45. The van der Waals surface area contributed by atoms with Crippen molar-refractivity contribution >= 4 is 0 Å². The number of nitrogens with zero attached hydrogens (tertiary/aromatic N) is 3. The summed E-state index contributed by atoms with van der Waals surface area (Å²) in [5.41, 5.74) is 0. The van der Waals surface area contributed by atoms with Crippen molar-refractivity contribution < 1.29 is 4.57 Å². The van der Waals surface area contributed by atoms with Crippen LogP contribution >= 0.6 is 0 Å². The summed E-state index contributed by atoms with van der Waals surface area (Å²) in [6.07, 6.45) is 8.98. The second kappa shape index (κ2) is 7.48. The summed E-state index contributed by atoms with van der Waals surface area (Å²) in [5.74, 6) is 1.17. The molecule has 4 heteroatoms. The smallest absolute Gasteiger partial charge is 0.248 e. The van der Waals surface area contributed by atoms with Crippen LogP contribution in [0.1, 0.15) is 37.9 Å². The first-order valence-corrected chi connectivity index (χ1v) is 5.68. The van der Waals surface area contributed by atoms with E-state index in [9.17, 15) is 0 Å². The number of aromatic amines is 1. The van der Waals surface area contributed by atoms with Crippen LogP contribution in [0.5, 0.6) is 0 Å². The van der Waals surface area contributed by atoms with E-state index >= 15 is 0 Å². The lowest BCUT2D eigenvalue weighted by Gasteiger charge is -1.99. The number of aromatic nitrogens is 2. The van der Waals surface area contributed by atoms with Gasteiger partial charge in [0, 0.05) is 12.8 Å². The molecule has 1 aromatic heterocycles. The minimum absolute atomic E-state index is 0.605. The molecule has 84 valence electrons. The lowest BCUT2D eigenvalue weighted by molar-refractivity contribution is -0.703. The van der Waals surface area contributed by atoms with Crippen LogP contribution < -0.4 is 4.57 Å². The van der Waals surface area contributed by atoms with Gasteiger partial charge in [0.05, 0.1) is 25.1 Å². The van der Waals surface area contributed by atoms with Crippen molar-refractivity contribution in [1.29, 1.82) is 10.5 Å². The highest BCUT2D eigenvalue weighted by Crippen LogP contribution is 1.99. The fourth-order valence-electron chi connectivity index (χ4n) is 1.64. The molecule has 0 atom stereocenters. The van der Waals surface area contributed by atoms with E-state index in [1.165, 1.54) is 5.82 Å². The molecular weight excluding hydrogens is 200 g/mol. The molecule has 0 aliphatic rings. The minimum Gasteiger partial charge on any atom is -0.248 e. The average molecular weight is 217 g/mol. The normalized spacial score (nSPS) is 9.62. The second-order valence-corrected chi connectivity index (χ2v) is 3.73. The van der Waals surface area contributed by atoms with Gasteiger partial charge in [0.1, 0.15) is 12.4 Å². The molecule has 0 aliphatic heterocycles. The molecule has 1 N–H and O–H groups in total. The topological polar surface area (TPSA) is 67.2 Å². The molecule has 1 aromatic rings. The minimum atomic E-state index is 0.605. The monoisotopic (exact) mass is 217 g/mol. The van der Waals surface area contributed by atoms with Crippen molar-refractivity contribution in [2.75, 3.05) is 0 Å². The summed E-state index contributed by atoms with van der Waals surface area (Å²) in [6, 6.07) is 4.30. The first kappa shape index (κ1) is 12.3. The number of H-pyrrole nitrogens is 1. The molecule has 0 fully saturated rings. The summed E-state index contributed by atoms with van der Waals surface area (Å²) < 4.78 is 2.18. The van der Waals surface area contributed by atoms with Crippen molar-refractivity contribution in [3.8, 4) is 12.1 Å². The number of imidazole rings is 1. The summed E-state index contributed by atoms with van der Waals surface area (Å²) >= 11 is 0. The highest BCUT2D eigenvalue weighted by atomic mass is 15.1. The Morgan fingerprint density at radius 3 is 2.62 bits per heavy atom. The van der Waals surface area contributed by atoms with E-state index in [1.807, 2.05) is 12.4 Å². The molecule has 0 saturated carbocycles. The van der Waals surface area contributed by atoms with Gasteiger partial charge in [-0.15, -0.1) is 0 Å². The molecule has 16 heavy (non-hydrogen) atoms. The van der Waals surface area contributed by atoms with E-state index in [4.69, 9.17) is 10.5 Å². The van der Waals surface area contributed by atoms with Gasteiger partial charge in [-0.3, -0.25) is 0 Å². The van der Waals surface area contributed by atoms with Crippen molar-refractivity contribution in [2.45, 2.75) is 45.1 Å². The molecule has 1 rings (SSSR count). The first-order valence-electron chi connectivity index (χ1n) is 5.68. The average Bonchev–Trinajstić information content (AvgIpc) is 2.73. The van der Waals surface area contributed by atoms with Crippen LogP contribution in [-0.2, 0) is 13.0 Å². The Bertz CT molecular complexity index is 380. The lowest BCUT2D eigenvalue weighted by atomic mass is 10.2. The van der Waals surface area contributed by atoms with Crippen LogP contribution in [0, 0.1) is 22.7 Å². The van der Waals surface area contributed by atoms with Crippen LogP contribution in [-0.4, -0.2) is 4.98 Å². The maximum atomic E-state index is 8.47. The first-order chi connectivity index (χ1) is 7.88. The quantitative estimate of drug-likeness (QED) is 0.559. The Labute approximate surface area is 96.1 Å². The summed E-state index contributed by atoms with van der Waals surface area (Å²) in [5, 5.41) is 16.9. The van der Waals surface area contributed by atoms with E-state index in [0.717, 1.165) is 32.2 Å². The van der Waals surface area contributed by atoms with Crippen molar-refractivity contribution in [1.82, 2.24) is 4.98 Å². The number of hydrogen-bond acceptors (Lipinski definition) is 2. The number of unbranched alkanes of at least 4 members (excludes halogenated alkanes) is 3. The largest absolute Gasteiger partial charge is 0.254 e. The molecule has 0 unspecified atom stereocenters. The van der Waals surface area contributed by atoms with Gasteiger partial charge in [-0.25, -0.2) is 9.55 Å². The molecule has 0 bridgehead atoms. The molecule has 0 amide bonds. The summed E-state index contributed by atoms with van der Waals surface area (Å²) in [7, 11) is 0. The van der Waals surface area contributed by atoms with E-state index in [1.54, 1.807) is 0 Å². The van der Waals surface area contributed by atoms with Gasteiger partial charge in [0.25, 0.3) is 5.82 Å². The van der Waals surface area contributed by atoms with Gasteiger partial charge in [0.15, 0.2) is 0 Å². The molecule has 0 spiro atoms. The zero-order valence-corrected chi connectivity index (χ0v) is 9.45. The van der Waals surface area contributed by atoms with E-state index in [2.05, 4.69) is 21.7 Å². The molecule has 0 aliphatic carbocycles.